The first-order valence-electron chi connectivity index (χ1n) is 10.0. The highest BCUT2D eigenvalue weighted by Crippen LogP contribution is 2.24. The van der Waals surface area contributed by atoms with Gasteiger partial charge >= 0.3 is 0 Å². The quantitative estimate of drug-likeness (QED) is 0.188. The molecule has 2 N–H and O–H groups in total. The molecule has 0 heterocycles. The fourth-order valence-electron chi connectivity index (χ4n) is 2.54. The minimum Gasteiger partial charge on any atom is -0.493 e. The summed E-state index contributed by atoms with van der Waals surface area (Å²) in [6.07, 6.45) is 4.22. The summed E-state index contributed by atoms with van der Waals surface area (Å²) < 4.78 is 11.6. The van der Waals surface area contributed by atoms with E-state index in [0.717, 1.165) is 23.5 Å². The molecule has 30 heavy (non-hydrogen) atoms. The first-order valence-corrected chi connectivity index (χ1v) is 10.4. The van der Waals surface area contributed by atoms with Crippen LogP contribution in [0.1, 0.15) is 38.3 Å². The number of thiocarbonyl (C=S) groups is 1. The molecule has 0 amide bonds. The first-order chi connectivity index (χ1) is 14.4. The molecule has 2 rings (SSSR count). The second kappa shape index (κ2) is 12.0. The lowest BCUT2D eigenvalue weighted by molar-refractivity contribution is 0.247. The van der Waals surface area contributed by atoms with E-state index in [1.165, 1.54) is 5.56 Å². The zero-order chi connectivity index (χ0) is 21.8. The monoisotopic (exact) mass is 425 g/mol. The van der Waals surface area contributed by atoms with Gasteiger partial charge in [-0.1, -0.05) is 51.1 Å². The Bertz CT molecular complexity index is 842. The van der Waals surface area contributed by atoms with Gasteiger partial charge in [0.1, 0.15) is 11.5 Å². The minimum atomic E-state index is 0.149. The Morgan fingerprint density at radius 1 is 1.07 bits per heavy atom. The maximum atomic E-state index is 5.82. The van der Waals surface area contributed by atoms with E-state index in [0.29, 0.717) is 24.9 Å². The van der Waals surface area contributed by atoms with Gasteiger partial charge < -0.3 is 14.8 Å². The molecular weight excluding hydrogens is 394 g/mol. The number of nitrogens with zero attached hydrogens (tertiary/aromatic N) is 1. The summed E-state index contributed by atoms with van der Waals surface area (Å²) in [6, 6.07) is 16.0. The molecule has 0 saturated carbocycles. The van der Waals surface area contributed by atoms with E-state index in [9.17, 15) is 0 Å². The van der Waals surface area contributed by atoms with Crippen LogP contribution in [0.2, 0.25) is 0 Å². The Balaban J connectivity index is 1.70. The summed E-state index contributed by atoms with van der Waals surface area (Å²) in [4.78, 5) is 0. The van der Waals surface area contributed by atoms with Crippen molar-refractivity contribution in [3.63, 3.8) is 0 Å². The Morgan fingerprint density at radius 2 is 1.77 bits per heavy atom. The molecule has 0 saturated heterocycles. The van der Waals surface area contributed by atoms with Crippen molar-refractivity contribution in [2.45, 2.75) is 32.6 Å². The number of rotatable bonds is 10. The van der Waals surface area contributed by atoms with Crippen LogP contribution in [0, 0.1) is 0 Å². The number of hydrogen-bond donors (Lipinski definition) is 2. The van der Waals surface area contributed by atoms with Gasteiger partial charge in [-0.15, -0.1) is 6.58 Å². The molecule has 5 nitrogen and oxygen atoms in total. The third kappa shape index (κ3) is 8.66. The molecule has 2 aromatic carbocycles. The molecule has 0 aliphatic carbocycles. The van der Waals surface area contributed by atoms with Crippen LogP contribution in [-0.2, 0) is 5.41 Å². The summed E-state index contributed by atoms with van der Waals surface area (Å²) in [6.45, 7) is 12.0. The van der Waals surface area contributed by atoms with Crippen LogP contribution in [0.3, 0.4) is 0 Å². The highest BCUT2D eigenvalue weighted by Gasteiger charge is 2.12. The van der Waals surface area contributed by atoms with Crippen molar-refractivity contribution < 1.29 is 9.47 Å². The number of benzene rings is 2. The van der Waals surface area contributed by atoms with Gasteiger partial charge in [0.2, 0.25) is 0 Å². The molecule has 0 fully saturated rings. The zero-order valence-electron chi connectivity index (χ0n) is 18.0. The van der Waals surface area contributed by atoms with Crippen LogP contribution in [0.25, 0.3) is 0 Å². The van der Waals surface area contributed by atoms with Gasteiger partial charge in [-0.3, -0.25) is 5.43 Å². The van der Waals surface area contributed by atoms with Crippen molar-refractivity contribution >= 4 is 23.5 Å². The van der Waals surface area contributed by atoms with Gasteiger partial charge in [0.05, 0.1) is 19.4 Å². The molecule has 0 aliphatic heterocycles. The van der Waals surface area contributed by atoms with Crippen LogP contribution in [0.4, 0.5) is 0 Å². The second-order valence-electron chi connectivity index (χ2n) is 7.77. The van der Waals surface area contributed by atoms with E-state index in [1.54, 1.807) is 12.3 Å². The van der Waals surface area contributed by atoms with E-state index in [4.69, 9.17) is 21.7 Å². The highest BCUT2D eigenvalue weighted by atomic mass is 32.1. The molecule has 0 spiro atoms. The predicted octanol–water partition coefficient (Wildman–Crippen LogP) is 4.82. The van der Waals surface area contributed by atoms with Crippen molar-refractivity contribution in [1.29, 1.82) is 0 Å². The molecular formula is C24H31N3O2S. The van der Waals surface area contributed by atoms with Crippen molar-refractivity contribution in [2.24, 2.45) is 5.10 Å². The third-order valence-electron chi connectivity index (χ3n) is 4.19. The molecule has 0 radical (unpaired) electrons. The minimum absolute atomic E-state index is 0.149. The Kier molecular flexibility index (Phi) is 9.35. The molecule has 2 aromatic rings. The van der Waals surface area contributed by atoms with E-state index in [1.807, 2.05) is 36.4 Å². The number of nitrogens with one attached hydrogen (secondary N) is 2. The lowest BCUT2D eigenvalue weighted by atomic mass is 9.87. The Morgan fingerprint density at radius 3 is 2.43 bits per heavy atom. The highest BCUT2D eigenvalue weighted by molar-refractivity contribution is 7.80. The molecule has 0 atom stereocenters. The molecule has 6 heteroatoms. The average molecular weight is 426 g/mol. The van der Waals surface area contributed by atoms with Crippen molar-refractivity contribution in [1.82, 2.24) is 10.7 Å². The molecule has 160 valence electrons. The van der Waals surface area contributed by atoms with Crippen molar-refractivity contribution in [3.8, 4) is 11.5 Å². The zero-order valence-corrected chi connectivity index (χ0v) is 18.8. The molecule has 0 bridgehead atoms. The maximum absolute atomic E-state index is 5.82. The standard InChI is InChI=1S/C24H31N3O2S/c1-5-14-25-23(30)27-26-18-19-8-6-9-22(17-19)29-16-7-15-28-21-12-10-20(11-13-21)24(2,3)4/h5-6,8-13,17-18H,1,7,14-16H2,2-4H3,(H2,25,27,30). The lowest BCUT2D eigenvalue weighted by Gasteiger charge is -2.19. The van der Waals surface area contributed by atoms with Crippen LogP contribution < -0.4 is 20.2 Å². The van der Waals surface area contributed by atoms with Gasteiger partial charge in [0.15, 0.2) is 5.11 Å². The second-order valence-corrected chi connectivity index (χ2v) is 8.17. The van der Waals surface area contributed by atoms with Crippen molar-refractivity contribution in [2.75, 3.05) is 19.8 Å². The van der Waals surface area contributed by atoms with Gasteiger partial charge in [0.25, 0.3) is 0 Å². The maximum Gasteiger partial charge on any atom is 0.187 e. The van der Waals surface area contributed by atoms with Crippen LogP contribution >= 0.6 is 12.2 Å². The van der Waals surface area contributed by atoms with Crippen LogP contribution in [-0.4, -0.2) is 31.1 Å². The predicted molar refractivity (Wildman–Crippen MR) is 129 cm³/mol. The normalized spacial score (nSPS) is 11.2. The summed E-state index contributed by atoms with van der Waals surface area (Å²) in [5.74, 6) is 1.68. The summed E-state index contributed by atoms with van der Waals surface area (Å²) in [5, 5.41) is 7.50. The first kappa shape index (κ1) is 23.4. The van der Waals surface area contributed by atoms with E-state index < -0.39 is 0 Å². The van der Waals surface area contributed by atoms with Gasteiger partial charge in [-0.05, 0) is 53.0 Å². The van der Waals surface area contributed by atoms with Gasteiger partial charge in [0, 0.05) is 13.0 Å². The summed E-state index contributed by atoms with van der Waals surface area (Å²) in [5.41, 5.74) is 5.12. The SMILES string of the molecule is C=CCNC(=S)NN=Cc1cccc(OCCCOc2ccc(C(C)(C)C)cc2)c1. The number of hydrogen-bond acceptors (Lipinski definition) is 4. The molecule has 0 unspecified atom stereocenters. The molecule has 0 aromatic heterocycles. The van der Waals surface area contributed by atoms with Crippen molar-refractivity contribution in [3.05, 3.63) is 72.3 Å². The Labute approximate surface area is 185 Å². The summed E-state index contributed by atoms with van der Waals surface area (Å²) in [7, 11) is 0. The number of hydrazone groups is 1. The van der Waals surface area contributed by atoms with E-state index in [-0.39, 0.29) is 5.41 Å². The average Bonchev–Trinajstić information content (AvgIpc) is 2.72. The largest absolute Gasteiger partial charge is 0.493 e. The fraction of sp³-hybridized carbons (Fsp3) is 0.333. The number of ether oxygens (including phenoxy) is 2. The van der Waals surface area contributed by atoms with E-state index >= 15 is 0 Å². The van der Waals surface area contributed by atoms with Crippen LogP contribution in [0.5, 0.6) is 11.5 Å². The van der Waals surface area contributed by atoms with E-state index in [2.05, 4.69) is 55.3 Å². The third-order valence-corrected chi connectivity index (χ3v) is 4.43. The molecule has 0 aliphatic rings. The summed E-state index contributed by atoms with van der Waals surface area (Å²) >= 11 is 5.08. The lowest BCUT2D eigenvalue weighted by Crippen LogP contribution is -2.31. The Hall–Kier alpha value is -2.86. The fourth-order valence-corrected chi connectivity index (χ4v) is 2.68. The van der Waals surface area contributed by atoms with Crippen LogP contribution in [0.15, 0.2) is 66.3 Å². The van der Waals surface area contributed by atoms with Gasteiger partial charge in [-0.25, -0.2) is 0 Å². The topological polar surface area (TPSA) is 54.9 Å². The smallest absolute Gasteiger partial charge is 0.187 e. The van der Waals surface area contributed by atoms with Gasteiger partial charge in [-0.2, -0.15) is 5.10 Å².